The number of rotatable bonds is 7. The number of aryl methyl sites for hydroxylation is 1. The van der Waals surface area contributed by atoms with Crippen molar-refractivity contribution in [3.8, 4) is 0 Å². The van der Waals surface area contributed by atoms with Crippen LogP contribution in [0.1, 0.15) is 37.3 Å². The van der Waals surface area contributed by atoms with Gasteiger partial charge < -0.3 is 10.1 Å². The van der Waals surface area contributed by atoms with Crippen molar-refractivity contribution in [3.05, 3.63) is 35.1 Å². The third-order valence-corrected chi connectivity index (χ3v) is 3.45. The molecule has 20 heavy (non-hydrogen) atoms. The summed E-state index contributed by atoms with van der Waals surface area (Å²) in [5.41, 5.74) is 1.63. The smallest absolute Gasteiger partial charge is 0.220 e. The van der Waals surface area contributed by atoms with Crippen LogP contribution in [0.25, 0.3) is 0 Å². The Bertz CT molecular complexity index is 446. The summed E-state index contributed by atoms with van der Waals surface area (Å²) in [5, 5.41) is 2.83. The van der Waals surface area contributed by atoms with E-state index in [0.29, 0.717) is 31.1 Å². The number of hydrogen-bond acceptors (Lipinski definition) is 2. The van der Waals surface area contributed by atoms with Crippen LogP contribution in [-0.4, -0.2) is 26.2 Å². The van der Waals surface area contributed by atoms with Crippen LogP contribution in [0.2, 0.25) is 0 Å². The average molecular weight is 281 g/mol. The molecule has 3 nitrogen and oxygen atoms in total. The Morgan fingerprint density at radius 1 is 1.40 bits per heavy atom. The van der Waals surface area contributed by atoms with Crippen LogP contribution < -0.4 is 5.32 Å². The van der Waals surface area contributed by atoms with Gasteiger partial charge in [-0.05, 0) is 36.0 Å². The molecule has 0 fully saturated rings. The Morgan fingerprint density at radius 3 is 2.65 bits per heavy atom. The zero-order valence-corrected chi connectivity index (χ0v) is 12.7. The lowest BCUT2D eigenvalue weighted by molar-refractivity contribution is -0.121. The van der Waals surface area contributed by atoms with Crippen molar-refractivity contribution in [1.29, 1.82) is 0 Å². The van der Waals surface area contributed by atoms with Crippen LogP contribution >= 0.6 is 0 Å². The SMILES string of the molecule is COCCNC(=O)CC(c1ccc(F)c(C)c1)C(C)C. The highest BCUT2D eigenvalue weighted by Crippen LogP contribution is 2.29. The lowest BCUT2D eigenvalue weighted by Crippen LogP contribution is -2.29. The van der Waals surface area contributed by atoms with E-state index in [4.69, 9.17) is 4.74 Å². The highest BCUT2D eigenvalue weighted by atomic mass is 19.1. The monoisotopic (exact) mass is 281 g/mol. The first-order valence-corrected chi connectivity index (χ1v) is 6.97. The van der Waals surface area contributed by atoms with Gasteiger partial charge in [0.1, 0.15) is 5.82 Å². The molecule has 0 aliphatic carbocycles. The Labute approximate surface area is 120 Å². The van der Waals surface area contributed by atoms with Crippen molar-refractivity contribution < 1.29 is 13.9 Å². The predicted molar refractivity (Wildman–Crippen MR) is 78.2 cm³/mol. The van der Waals surface area contributed by atoms with Crippen LogP contribution in [-0.2, 0) is 9.53 Å². The molecule has 1 amide bonds. The van der Waals surface area contributed by atoms with Crippen molar-refractivity contribution in [3.63, 3.8) is 0 Å². The molecule has 1 aromatic rings. The fraction of sp³-hybridized carbons (Fsp3) is 0.562. The van der Waals surface area contributed by atoms with E-state index in [9.17, 15) is 9.18 Å². The van der Waals surface area contributed by atoms with E-state index in [-0.39, 0.29) is 17.6 Å². The molecule has 4 heteroatoms. The third-order valence-electron chi connectivity index (χ3n) is 3.45. The van der Waals surface area contributed by atoms with Crippen molar-refractivity contribution in [2.45, 2.75) is 33.1 Å². The minimum Gasteiger partial charge on any atom is -0.383 e. The molecule has 0 saturated carbocycles. The van der Waals surface area contributed by atoms with E-state index in [1.165, 1.54) is 6.07 Å². The number of halogens is 1. The van der Waals surface area contributed by atoms with Gasteiger partial charge in [-0.3, -0.25) is 4.79 Å². The average Bonchev–Trinajstić information content (AvgIpc) is 2.39. The van der Waals surface area contributed by atoms with Crippen molar-refractivity contribution >= 4 is 5.91 Å². The van der Waals surface area contributed by atoms with E-state index in [1.54, 1.807) is 20.1 Å². The Balaban J connectivity index is 2.73. The fourth-order valence-corrected chi connectivity index (χ4v) is 2.20. The molecule has 1 aromatic carbocycles. The maximum atomic E-state index is 13.3. The number of nitrogens with one attached hydrogen (secondary N) is 1. The van der Waals surface area contributed by atoms with Crippen LogP contribution in [0.5, 0.6) is 0 Å². The summed E-state index contributed by atoms with van der Waals surface area (Å²) in [7, 11) is 1.60. The minimum absolute atomic E-state index is 0.00253. The number of amides is 1. The zero-order chi connectivity index (χ0) is 15.1. The van der Waals surface area contributed by atoms with Crippen LogP contribution in [0.15, 0.2) is 18.2 Å². The van der Waals surface area contributed by atoms with Gasteiger partial charge in [0.05, 0.1) is 6.61 Å². The van der Waals surface area contributed by atoms with E-state index < -0.39 is 0 Å². The van der Waals surface area contributed by atoms with Crippen LogP contribution in [0.3, 0.4) is 0 Å². The molecule has 112 valence electrons. The third kappa shape index (κ3) is 4.93. The number of hydrogen-bond donors (Lipinski definition) is 1. The van der Waals surface area contributed by atoms with Gasteiger partial charge in [0.25, 0.3) is 0 Å². The van der Waals surface area contributed by atoms with Gasteiger partial charge in [-0.25, -0.2) is 4.39 Å². The van der Waals surface area contributed by atoms with Crippen LogP contribution in [0.4, 0.5) is 4.39 Å². The lowest BCUT2D eigenvalue weighted by atomic mass is 9.85. The molecule has 0 aromatic heterocycles. The van der Waals surface area contributed by atoms with E-state index in [2.05, 4.69) is 19.2 Å². The summed E-state index contributed by atoms with van der Waals surface area (Å²) in [6, 6.07) is 5.08. The fourth-order valence-electron chi connectivity index (χ4n) is 2.20. The standard InChI is InChI=1S/C16H24FNO2/c1-11(2)14(10-16(19)18-7-8-20-4)13-5-6-15(17)12(3)9-13/h5-6,9,11,14H,7-8,10H2,1-4H3,(H,18,19). The summed E-state index contributed by atoms with van der Waals surface area (Å²) < 4.78 is 18.2. The molecule has 0 radical (unpaired) electrons. The molecule has 1 atom stereocenters. The molecule has 1 unspecified atom stereocenters. The van der Waals surface area contributed by atoms with E-state index >= 15 is 0 Å². The molecular weight excluding hydrogens is 257 g/mol. The van der Waals surface area contributed by atoms with Gasteiger partial charge in [0.15, 0.2) is 0 Å². The quantitative estimate of drug-likeness (QED) is 0.780. The molecule has 0 saturated heterocycles. The minimum atomic E-state index is -0.208. The highest BCUT2D eigenvalue weighted by molar-refractivity contribution is 5.76. The van der Waals surface area contributed by atoms with Gasteiger partial charge >= 0.3 is 0 Å². The predicted octanol–water partition coefficient (Wildman–Crippen LogP) is 3.03. The summed E-state index contributed by atoms with van der Waals surface area (Å²) in [6.45, 7) is 6.92. The molecule has 0 aliphatic rings. The van der Waals surface area contributed by atoms with E-state index in [0.717, 1.165) is 5.56 Å². The molecule has 0 aliphatic heterocycles. The first-order chi connectivity index (χ1) is 9.45. The first-order valence-electron chi connectivity index (χ1n) is 6.97. The van der Waals surface area contributed by atoms with Crippen molar-refractivity contribution in [1.82, 2.24) is 5.32 Å². The second kappa shape index (κ2) is 8.00. The number of carbonyl (C=O) groups excluding carboxylic acids is 1. The number of benzene rings is 1. The Kier molecular flexibility index (Phi) is 6.65. The molecule has 0 spiro atoms. The zero-order valence-electron chi connectivity index (χ0n) is 12.7. The number of carbonyl (C=O) groups is 1. The lowest BCUT2D eigenvalue weighted by Gasteiger charge is -2.21. The molecule has 0 bridgehead atoms. The largest absolute Gasteiger partial charge is 0.383 e. The van der Waals surface area contributed by atoms with Crippen molar-refractivity contribution in [2.24, 2.45) is 5.92 Å². The normalized spacial score (nSPS) is 12.5. The van der Waals surface area contributed by atoms with Gasteiger partial charge in [0.2, 0.25) is 5.91 Å². The second-order valence-electron chi connectivity index (χ2n) is 5.41. The summed E-state index contributed by atoms with van der Waals surface area (Å²) in [6.07, 6.45) is 0.409. The Morgan fingerprint density at radius 2 is 2.10 bits per heavy atom. The van der Waals surface area contributed by atoms with Gasteiger partial charge in [-0.1, -0.05) is 26.0 Å². The van der Waals surface area contributed by atoms with E-state index in [1.807, 2.05) is 6.07 Å². The summed E-state index contributed by atoms with van der Waals surface area (Å²) in [5.74, 6) is 0.202. The van der Waals surface area contributed by atoms with Gasteiger partial charge in [-0.2, -0.15) is 0 Å². The van der Waals surface area contributed by atoms with Gasteiger partial charge in [-0.15, -0.1) is 0 Å². The molecule has 1 rings (SSSR count). The van der Waals surface area contributed by atoms with Crippen LogP contribution in [0, 0.1) is 18.7 Å². The molecule has 1 N–H and O–H groups in total. The summed E-state index contributed by atoms with van der Waals surface area (Å²) in [4.78, 5) is 11.9. The maximum absolute atomic E-state index is 13.3. The Hall–Kier alpha value is -1.42. The summed E-state index contributed by atoms with van der Waals surface area (Å²) >= 11 is 0. The maximum Gasteiger partial charge on any atom is 0.220 e. The molecule has 0 heterocycles. The highest BCUT2D eigenvalue weighted by Gasteiger charge is 2.20. The molecular formula is C16H24FNO2. The van der Waals surface area contributed by atoms with Gasteiger partial charge in [0, 0.05) is 20.1 Å². The topological polar surface area (TPSA) is 38.3 Å². The second-order valence-corrected chi connectivity index (χ2v) is 5.41. The number of methoxy groups -OCH3 is 1. The number of ether oxygens (including phenoxy) is 1. The van der Waals surface area contributed by atoms with Crippen molar-refractivity contribution in [2.75, 3.05) is 20.3 Å². The first kappa shape index (κ1) is 16.6.